The second-order valence-electron chi connectivity index (χ2n) is 3.88. The fourth-order valence-corrected chi connectivity index (χ4v) is 2.05. The molecule has 21 heavy (non-hydrogen) atoms. The molecule has 0 atom stereocenters. The van der Waals surface area contributed by atoms with Gasteiger partial charge in [-0.2, -0.15) is 5.10 Å². The minimum atomic E-state index is -0.710. The predicted octanol–water partition coefficient (Wildman–Crippen LogP) is 2.71. The van der Waals surface area contributed by atoms with E-state index in [1.165, 1.54) is 23.6 Å². The maximum Gasteiger partial charge on any atom is 0.301 e. The second kappa shape index (κ2) is 6.05. The lowest BCUT2D eigenvalue weighted by Crippen LogP contribution is -1.98. The summed E-state index contributed by atoms with van der Waals surface area (Å²) < 4.78 is 0. The number of hydrazone groups is 1. The molecule has 2 aromatic rings. The van der Waals surface area contributed by atoms with Crippen LogP contribution in [0.15, 0.2) is 28.7 Å². The zero-order chi connectivity index (χ0) is 15.4. The van der Waals surface area contributed by atoms with Crippen molar-refractivity contribution in [3.05, 3.63) is 54.5 Å². The molecule has 2 rings (SSSR count). The Balaban J connectivity index is 2.21. The SMILES string of the molecule is Cc1nc(C=NNc2ccc([N+](=O)[O-])cc2[N+](=O)[O-])cs1. The van der Waals surface area contributed by atoms with E-state index in [2.05, 4.69) is 15.5 Å². The van der Waals surface area contributed by atoms with E-state index in [4.69, 9.17) is 0 Å². The molecule has 1 heterocycles. The summed E-state index contributed by atoms with van der Waals surface area (Å²) in [6.07, 6.45) is 1.41. The van der Waals surface area contributed by atoms with Gasteiger partial charge < -0.3 is 0 Å². The first kappa shape index (κ1) is 14.5. The zero-order valence-electron chi connectivity index (χ0n) is 10.7. The Kier molecular flexibility index (Phi) is 4.18. The summed E-state index contributed by atoms with van der Waals surface area (Å²) in [4.78, 5) is 24.3. The Morgan fingerprint density at radius 1 is 1.33 bits per heavy atom. The lowest BCUT2D eigenvalue weighted by atomic mass is 10.2. The van der Waals surface area contributed by atoms with Crippen LogP contribution in [0.3, 0.4) is 0 Å². The van der Waals surface area contributed by atoms with Crippen LogP contribution < -0.4 is 5.43 Å². The number of aryl methyl sites for hydroxylation is 1. The van der Waals surface area contributed by atoms with Crippen LogP contribution in [-0.2, 0) is 0 Å². The number of nitrogens with zero attached hydrogens (tertiary/aromatic N) is 4. The molecule has 0 amide bonds. The van der Waals surface area contributed by atoms with Gasteiger partial charge in [-0.25, -0.2) is 4.98 Å². The maximum absolute atomic E-state index is 10.9. The van der Waals surface area contributed by atoms with Crippen molar-refractivity contribution < 1.29 is 9.85 Å². The average molecular weight is 307 g/mol. The number of nitro groups is 2. The fraction of sp³-hybridized carbons (Fsp3) is 0.0909. The number of nitro benzene ring substituents is 2. The van der Waals surface area contributed by atoms with E-state index in [-0.39, 0.29) is 11.4 Å². The lowest BCUT2D eigenvalue weighted by molar-refractivity contribution is -0.393. The first-order chi connectivity index (χ1) is 9.97. The van der Waals surface area contributed by atoms with E-state index < -0.39 is 15.5 Å². The number of rotatable bonds is 5. The van der Waals surface area contributed by atoms with E-state index in [9.17, 15) is 20.2 Å². The third kappa shape index (κ3) is 3.57. The number of anilines is 1. The Hall–Kier alpha value is -2.88. The van der Waals surface area contributed by atoms with Crippen LogP contribution in [0.25, 0.3) is 0 Å². The fourth-order valence-electron chi connectivity index (χ4n) is 1.49. The van der Waals surface area contributed by atoms with Crippen LogP contribution in [0.1, 0.15) is 10.7 Å². The van der Waals surface area contributed by atoms with Crippen molar-refractivity contribution in [2.45, 2.75) is 6.92 Å². The van der Waals surface area contributed by atoms with E-state index in [1.807, 2.05) is 6.92 Å². The number of hydrogen-bond acceptors (Lipinski definition) is 8. The normalized spacial score (nSPS) is 10.7. The molecule has 0 radical (unpaired) electrons. The average Bonchev–Trinajstić information content (AvgIpc) is 2.84. The summed E-state index contributed by atoms with van der Waals surface area (Å²) in [6, 6.07) is 3.28. The van der Waals surface area contributed by atoms with Crippen molar-refractivity contribution >= 4 is 34.6 Å². The summed E-state index contributed by atoms with van der Waals surface area (Å²) in [5, 5.41) is 28.0. The molecular weight excluding hydrogens is 298 g/mol. The van der Waals surface area contributed by atoms with Gasteiger partial charge in [0.15, 0.2) is 0 Å². The quantitative estimate of drug-likeness (QED) is 0.514. The summed E-state index contributed by atoms with van der Waals surface area (Å²) in [7, 11) is 0. The molecule has 0 saturated heterocycles. The molecule has 0 unspecified atom stereocenters. The van der Waals surface area contributed by atoms with Gasteiger partial charge in [0.25, 0.3) is 5.69 Å². The standard InChI is InChI=1S/C11H9N5O4S/c1-7-13-8(6-21-7)5-12-14-10-3-2-9(15(17)18)4-11(10)16(19)20/h2-6,14H,1H3. The van der Waals surface area contributed by atoms with Crippen LogP contribution in [0, 0.1) is 27.2 Å². The van der Waals surface area contributed by atoms with Crippen LogP contribution in [0.2, 0.25) is 0 Å². The summed E-state index contributed by atoms with van der Waals surface area (Å²) in [5.74, 6) is 0. The third-order valence-corrected chi connectivity index (χ3v) is 3.20. The first-order valence-electron chi connectivity index (χ1n) is 5.61. The van der Waals surface area contributed by atoms with Crippen molar-refractivity contribution in [2.75, 3.05) is 5.43 Å². The predicted molar refractivity (Wildman–Crippen MR) is 77.8 cm³/mol. The van der Waals surface area contributed by atoms with E-state index in [1.54, 1.807) is 5.38 Å². The Bertz CT molecular complexity index is 727. The summed E-state index contributed by atoms with van der Waals surface area (Å²) in [5.41, 5.74) is 2.40. The van der Waals surface area contributed by atoms with Gasteiger partial charge in [-0.05, 0) is 13.0 Å². The van der Waals surface area contributed by atoms with Crippen molar-refractivity contribution in [3.63, 3.8) is 0 Å². The molecule has 1 aromatic heterocycles. The molecule has 0 spiro atoms. The van der Waals surface area contributed by atoms with Gasteiger partial charge >= 0.3 is 5.69 Å². The van der Waals surface area contributed by atoms with Crippen LogP contribution in [0.5, 0.6) is 0 Å². The molecular formula is C11H9N5O4S. The highest BCUT2D eigenvalue weighted by atomic mass is 32.1. The van der Waals surface area contributed by atoms with E-state index >= 15 is 0 Å². The van der Waals surface area contributed by atoms with Crippen LogP contribution in [0.4, 0.5) is 17.1 Å². The van der Waals surface area contributed by atoms with Gasteiger partial charge in [-0.1, -0.05) is 0 Å². The van der Waals surface area contributed by atoms with E-state index in [0.29, 0.717) is 5.69 Å². The van der Waals surface area contributed by atoms with Gasteiger partial charge in [-0.3, -0.25) is 25.7 Å². The van der Waals surface area contributed by atoms with Gasteiger partial charge in [0.05, 0.1) is 32.8 Å². The summed E-state index contributed by atoms with van der Waals surface area (Å²) in [6.45, 7) is 1.84. The Morgan fingerprint density at radius 3 is 2.67 bits per heavy atom. The Labute approximate surface area is 122 Å². The highest BCUT2D eigenvalue weighted by Gasteiger charge is 2.18. The minimum Gasteiger partial charge on any atom is -0.272 e. The third-order valence-electron chi connectivity index (χ3n) is 2.41. The Morgan fingerprint density at radius 2 is 2.10 bits per heavy atom. The molecule has 10 heteroatoms. The number of hydrogen-bond donors (Lipinski definition) is 1. The maximum atomic E-state index is 10.9. The molecule has 0 aliphatic carbocycles. The molecule has 0 aliphatic rings. The molecule has 1 aromatic carbocycles. The number of aromatic nitrogens is 1. The van der Waals surface area contributed by atoms with Crippen LogP contribution >= 0.6 is 11.3 Å². The van der Waals surface area contributed by atoms with Crippen molar-refractivity contribution in [2.24, 2.45) is 5.10 Å². The van der Waals surface area contributed by atoms with Crippen molar-refractivity contribution in [1.82, 2.24) is 4.98 Å². The number of non-ortho nitro benzene ring substituents is 1. The smallest absolute Gasteiger partial charge is 0.272 e. The molecule has 1 N–H and O–H groups in total. The minimum absolute atomic E-state index is 0.0637. The van der Waals surface area contributed by atoms with Gasteiger partial charge in [0.2, 0.25) is 0 Å². The van der Waals surface area contributed by atoms with Gasteiger partial charge in [0.1, 0.15) is 5.69 Å². The molecule has 0 fully saturated rings. The number of thiazole rings is 1. The van der Waals surface area contributed by atoms with Crippen LogP contribution in [-0.4, -0.2) is 21.0 Å². The monoisotopic (exact) mass is 307 g/mol. The second-order valence-corrected chi connectivity index (χ2v) is 4.94. The number of nitrogens with one attached hydrogen (secondary N) is 1. The molecule has 0 bridgehead atoms. The van der Waals surface area contributed by atoms with E-state index in [0.717, 1.165) is 17.1 Å². The molecule has 108 valence electrons. The molecule has 0 aliphatic heterocycles. The lowest BCUT2D eigenvalue weighted by Gasteiger charge is -2.01. The largest absolute Gasteiger partial charge is 0.301 e. The first-order valence-corrected chi connectivity index (χ1v) is 6.49. The van der Waals surface area contributed by atoms with Gasteiger partial charge in [0, 0.05) is 11.4 Å². The number of benzene rings is 1. The van der Waals surface area contributed by atoms with Crippen molar-refractivity contribution in [1.29, 1.82) is 0 Å². The van der Waals surface area contributed by atoms with Crippen molar-refractivity contribution in [3.8, 4) is 0 Å². The highest BCUT2D eigenvalue weighted by molar-refractivity contribution is 7.09. The zero-order valence-corrected chi connectivity index (χ0v) is 11.5. The van der Waals surface area contributed by atoms with Gasteiger partial charge in [-0.15, -0.1) is 11.3 Å². The molecule has 0 saturated carbocycles. The summed E-state index contributed by atoms with van der Waals surface area (Å²) >= 11 is 1.45. The highest BCUT2D eigenvalue weighted by Crippen LogP contribution is 2.28. The topological polar surface area (TPSA) is 124 Å². The molecule has 9 nitrogen and oxygen atoms in total.